The van der Waals surface area contributed by atoms with Crippen LogP contribution in [0.25, 0.3) is 5.69 Å². The molecular weight excluding hydrogens is 371 g/mol. The Morgan fingerprint density at radius 2 is 1.81 bits per heavy atom. The number of hydrogen-bond acceptors (Lipinski definition) is 7. The molecule has 1 unspecified atom stereocenters. The number of rotatable bonds is 6. The molecule has 0 N–H and O–H groups in total. The van der Waals surface area contributed by atoms with Crippen LogP contribution in [0.2, 0.25) is 0 Å². The van der Waals surface area contributed by atoms with Crippen LogP contribution in [0.4, 0.5) is 4.39 Å². The minimum absolute atomic E-state index is 0.0440. The number of nitrogens with zero attached hydrogens (tertiary/aromatic N) is 6. The van der Waals surface area contributed by atoms with Gasteiger partial charge in [-0.2, -0.15) is 4.37 Å². The third-order valence-corrected chi connectivity index (χ3v) is 5.72. The second-order valence-electron chi connectivity index (χ2n) is 6.47. The van der Waals surface area contributed by atoms with E-state index in [0.29, 0.717) is 5.16 Å². The first-order valence-electron chi connectivity index (χ1n) is 8.26. The number of halogens is 1. The summed E-state index contributed by atoms with van der Waals surface area (Å²) in [5, 5.41) is 9.44. The van der Waals surface area contributed by atoms with Crippen molar-refractivity contribution in [2.75, 3.05) is 14.1 Å². The van der Waals surface area contributed by atoms with Crippen molar-refractivity contribution >= 4 is 23.3 Å². The lowest BCUT2D eigenvalue weighted by Crippen LogP contribution is -2.20. The minimum Gasteiger partial charge on any atom is -0.300 e. The van der Waals surface area contributed by atoms with E-state index in [4.69, 9.17) is 0 Å². The molecule has 0 saturated heterocycles. The van der Waals surface area contributed by atoms with Gasteiger partial charge in [0.15, 0.2) is 10.2 Å². The van der Waals surface area contributed by atoms with E-state index in [1.54, 1.807) is 12.1 Å². The van der Waals surface area contributed by atoms with Crippen molar-refractivity contribution in [2.45, 2.75) is 42.2 Å². The monoisotopic (exact) mass is 392 g/mol. The number of benzene rings is 1. The fourth-order valence-corrected chi connectivity index (χ4v) is 3.97. The molecule has 2 aromatic heterocycles. The molecule has 0 saturated carbocycles. The molecule has 26 heavy (non-hydrogen) atoms. The average molecular weight is 393 g/mol. The molecule has 0 aliphatic rings. The van der Waals surface area contributed by atoms with Gasteiger partial charge in [0.2, 0.25) is 5.16 Å². The molecule has 0 aliphatic heterocycles. The van der Waals surface area contributed by atoms with Crippen molar-refractivity contribution in [1.82, 2.24) is 29.0 Å². The van der Waals surface area contributed by atoms with Crippen molar-refractivity contribution in [3.05, 3.63) is 41.7 Å². The van der Waals surface area contributed by atoms with Crippen LogP contribution >= 0.6 is 23.3 Å². The molecule has 0 aliphatic carbocycles. The molecule has 9 heteroatoms. The zero-order valence-electron chi connectivity index (χ0n) is 15.3. The normalized spacial score (nSPS) is 12.9. The summed E-state index contributed by atoms with van der Waals surface area (Å²) in [5.74, 6) is 1.62. The first kappa shape index (κ1) is 18.9. The molecule has 0 bridgehead atoms. The molecule has 6 nitrogen and oxygen atoms in total. The summed E-state index contributed by atoms with van der Waals surface area (Å²) in [7, 11) is 3.97. The Kier molecular flexibility index (Phi) is 5.69. The van der Waals surface area contributed by atoms with Gasteiger partial charge >= 0.3 is 0 Å². The summed E-state index contributed by atoms with van der Waals surface area (Å²) >= 11 is 2.78. The highest BCUT2D eigenvalue weighted by atomic mass is 32.2. The summed E-state index contributed by atoms with van der Waals surface area (Å²) < 4.78 is 20.5. The SMILES string of the molecule is CC(C)c1nsc(Sc2nnc(C(C)N(C)C)n2-c2ccc(F)cc2)n1. The molecule has 0 spiro atoms. The molecule has 138 valence electrons. The summed E-state index contributed by atoms with van der Waals surface area (Å²) in [6, 6.07) is 6.39. The Morgan fingerprint density at radius 3 is 2.38 bits per heavy atom. The fourth-order valence-electron chi connectivity index (χ4n) is 2.26. The van der Waals surface area contributed by atoms with Gasteiger partial charge in [0.25, 0.3) is 0 Å². The van der Waals surface area contributed by atoms with Crippen molar-refractivity contribution in [1.29, 1.82) is 0 Å². The van der Waals surface area contributed by atoms with Crippen molar-refractivity contribution in [3.8, 4) is 5.69 Å². The van der Waals surface area contributed by atoms with Gasteiger partial charge in [0.1, 0.15) is 11.6 Å². The van der Waals surface area contributed by atoms with Gasteiger partial charge in [0.05, 0.1) is 6.04 Å². The zero-order chi connectivity index (χ0) is 18.8. The summed E-state index contributed by atoms with van der Waals surface area (Å²) in [4.78, 5) is 6.62. The third-order valence-electron chi connectivity index (χ3n) is 4.01. The van der Waals surface area contributed by atoms with Crippen LogP contribution in [0.5, 0.6) is 0 Å². The van der Waals surface area contributed by atoms with Gasteiger partial charge in [-0.05, 0) is 68.6 Å². The van der Waals surface area contributed by atoms with Crippen LogP contribution in [0.15, 0.2) is 33.8 Å². The van der Waals surface area contributed by atoms with E-state index in [9.17, 15) is 4.39 Å². The van der Waals surface area contributed by atoms with Crippen LogP contribution < -0.4 is 0 Å². The Labute approximate surface area is 160 Å². The van der Waals surface area contributed by atoms with E-state index in [2.05, 4.69) is 45.2 Å². The topological polar surface area (TPSA) is 59.7 Å². The molecule has 0 fully saturated rings. The first-order valence-corrected chi connectivity index (χ1v) is 9.85. The smallest absolute Gasteiger partial charge is 0.203 e. The van der Waals surface area contributed by atoms with Crippen LogP contribution in [-0.4, -0.2) is 43.1 Å². The lowest BCUT2D eigenvalue weighted by atomic mass is 10.2. The third kappa shape index (κ3) is 3.94. The maximum atomic E-state index is 13.4. The lowest BCUT2D eigenvalue weighted by Gasteiger charge is -2.20. The van der Waals surface area contributed by atoms with Crippen LogP contribution in [0.3, 0.4) is 0 Å². The second-order valence-corrected chi connectivity index (χ2v) is 8.43. The van der Waals surface area contributed by atoms with E-state index in [0.717, 1.165) is 21.7 Å². The summed E-state index contributed by atoms with van der Waals surface area (Å²) in [5.41, 5.74) is 0.816. The van der Waals surface area contributed by atoms with Gasteiger partial charge in [-0.25, -0.2) is 9.37 Å². The van der Waals surface area contributed by atoms with E-state index in [1.807, 2.05) is 18.7 Å². The van der Waals surface area contributed by atoms with Gasteiger partial charge in [-0.3, -0.25) is 9.47 Å². The first-order chi connectivity index (χ1) is 12.4. The van der Waals surface area contributed by atoms with E-state index in [-0.39, 0.29) is 17.8 Å². The number of aromatic nitrogens is 5. The van der Waals surface area contributed by atoms with Crippen molar-refractivity contribution in [3.63, 3.8) is 0 Å². The standard InChI is InChI=1S/C17H21FN6S2/c1-10(2)14-19-17(26-22-14)25-16-21-20-15(11(3)23(4)5)24(16)13-8-6-12(18)7-9-13/h6-11H,1-5H3. The highest BCUT2D eigenvalue weighted by Crippen LogP contribution is 2.33. The summed E-state index contributed by atoms with van der Waals surface area (Å²) in [6.45, 7) is 6.18. The largest absolute Gasteiger partial charge is 0.300 e. The summed E-state index contributed by atoms with van der Waals surface area (Å²) in [6.07, 6.45) is 0. The Hall–Kier alpha value is -1.84. The maximum Gasteiger partial charge on any atom is 0.203 e. The van der Waals surface area contributed by atoms with Gasteiger partial charge in [0, 0.05) is 11.6 Å². The second kappa shape index (κ2) is 7.81. The Bertz CT molecular complexity index is 872. The van der Waals surface area contributed by atoms with Crippen LogP contribution in [-0.2, 0) is 0 Å². The molecule has 3 aromatic rings. The van der Waals surface area contributed by atoms with Gasteiger partial charge in [-0.1, -0.05) is 13.8 Å². The quantitative estimate of drug-likeness (QED) is 0.628. The highest BCUT2D eigenvalue weighted by Gasteiger charge is 2.22. The predicted molar refractivity (Wildman–Crippen MR) is 102 cm³/mol. The Balaban J connectivity index is 2.02. The molecular formula is C17H21FN6S2. The lowest BCUT2D eigenvalue weighted by molar-refractivity contribution is 0.305. The molecule has 1 aromatic carbocycles. The molecule has 2 heterocycles. The zero-order valence-corrected chi connectivity index (χ0v) is 17.0. The molecule has 0 amide bonds. The van der Waals surface area contributed by atoms with Gasteiger partial charge < -0.3 is 0 Å². The number of hydrogen-bond donors (Lipinski definition) is 0. The minimum atomic E-state index is -0.274. The molecule has 0 radical (unpaired) electrons. The van der Waals surface area contributed by atoms with Crippen LogP contribution in [0.1, 0.15) is 44.4 Å². The van der Waals surface area contributed by atoms with Crippen molar-refractivity contribution in [2.24, 2.45) is 0 Å². The van der Waals surface area contributed by atoms with E-state index in [1.165, 1.54) is 35.4 Å². The maximum absolute atomic E-state index is 13.4. The van der Waals surface area contributed by atoms with E-state index < -0.39 is 0 Å². The highest BCUT2D eigenvalue weighted by molar-refractivity contribution is 8.00. The van der Waals surface area contributed by atoms with E-state index >= 15 is 0 Å². The van der Waals surface area contributed by atoms with Gasteiger partial charge in [-0.15, -0.1) is 10.2 Å². The van der Waals surface area contributed by atoms with Crippen molar-refractivity contribution < 1.29 is 4.39 Å². The molecule has 1 atom stereocenters. The molecule has 3 rings (SSSR count). The Morgan fingerprint density at radius 1 is 1.12 bits per heavy atom. The fraction of sp³-hybridized carbons (Fsp3) is 0.412. The predicted octanol–water partition coefficient (Wildman–Crippen LogP) is 4.16. The van der Waals surface area contributed by atoms with Crippen LogP contribution in [0, 0.1) is 5.82 Å². The average Bonchev–Trinajstić information content (AvgIpc) is 3.22.